The van der Waals surface area contributed by atoms with Crippen LogP contribution in [0.3, 0.4) is 0 Å². The van der Waals surface area contributed by atoms with Gasteiger partial charge in [0.1, 0.15) is 16.6 Å². The Bertz CT molecular complexity index is 826. The number of furan rings is 1. The van der Waals surface area contributed by atoms with Crippen molar-refractivity contribution >= 4 is 22.4 Å². The van der Waals surface area contributed by atoms with E-state index >= 15 is 0 Å². The lowest BCUT2D eigenvalue weighted by atomic mass is 10.2. The molecule has 1 aromatic carbocycles. The number of carbonyl (C=O) groups is 1. The summed E-state index contributed by atoms with van der Waals surface area (Å²) in [7, 11) is 0. The standard InChI is InChI=1S/C17H16FN3O2S/c1-2-3-4-15-20-21-17(24-15)19-16(22)14-10-9-13(23-14)11-5-7-12(18)8-6-11/h5-10H,2-4H2,1H3,(H,19,21,22). The van der Waals surface area contributed by atoms with E-state index in [2.05, 4.69) is 22.4 Å². The largest absolute Gasteiger partial charge is 0.451 e. The van der Waals surface area contributed by atoms with Gasteiger partial charge in [0.15, 0.2) is 5.76 Å². The SMILES string of the molecule is CCCCc1nnc(NC(=O)c2ccc(-c3ccc(F)cc3)o2)s1. The minimum absolute atomic E-state index is 0.166. The third-order valence-corrected chi connectivity index (χ3v) is 4.29. The molecule has 0 aliphatic carbocycles. The average molecular weight is 345 g/mol. The Kier molecular flexibility index (Phi) is 5.00. The minimum atomic E-state index is -0.387. The molecular weight excluding hydrogens is 329 g/mol. The first-order chi connectivity index (χ1) is 11.7. The number of aryl methyl sites for hydroxylation is 1. The molecule has 3 rings (SSSR count). The fourth-order valence-electron chi connectivity index (χ4n) is 2.12. The summed E-state index contributed by atoms with van der Waals surface area (Å²) < 4.78 is 18.5. The maximum Gasteiger partial charge on any atom is 0.293 e. The van der Waals surface area contributed by atoms with Crippen LogP contribution in [-0.2, 0) is 6.42 Å². The molecule has 0 saturated heterocycles. The molecule has 0 atom stereocenters. The summed E-state index contributed by atoms with van der Waals surface area (Å²) >= 11 is 1.36. The van der Waals surface area contributed by atoms with Crippen LogP contribution < -0.4 is 5.32 Å². The first-order valence-electron chi connectivity index (χ1n) is 7.65. The van der Waals surface area contributed by atoms with Gasteiger partial charge in [-0.15, -0.1) is 10.2 Å². The van der Waals surface area contributed by atoms with Gasteiger partial charge in [-0.2, -0.15) is 0 Å². The van der Waals surface area contributed by atoms with Gasteiger partial charge in [-0.1, -0.05) is 24.7 Å². The van der Waals surface area contributed by atoms with Crippen molar-refractivity contribution in [2.24, 2.45) is 0 Å². The molecule has 0 radical (unpaired) electrons. The topological polar surface area (TPSA) is 68.0 Å². The molecule has 7 heteroatoms. The Labute approximate surface area is 142 Å². The molecule has 24 heavy (non-hydrogen) atoms. The molecule has 0 aliphatic heterocycles. The normalized spacial score (nSPS) is 10.8. The number of rotatable bonds is 6. The summed E-state index contributed by atoms with van der Waals surface area (Å²) in [6.07, 6.45) is 2.99. The Balaban J connectivity index is 1.67. The highest BCUT2D eigenvalue weighted by molar-refractivity contribution is 7.15. The molecule has 124 valence electrons. The molecule has 5 nitrogen and oxygen atoms in total. The van der Waals surface area contributed by atoms with Gasteiger partial charge in [0, 0.05) is 12.0 Å². The van der Waals surface area contributed by atoms with E-state index < -0.39 is 0 Å². The summed E-state index contributed by atoms with van der Waals surface area (Å²) in [6, 6.07) is 9.14. The highest BCUT2D eigenvalue weighted by Crippen LogP contribution is 2.24. The average Bonchev–Trinajstić information content (AvgIpc) is 3.23. The second-order valence-corrected chi connectivity index (χ2v) is 6.29. The van der Waals surface area contributed by atoms with Crippen molar-refractivity contribution < 1.29 is 13.6 Å². The van der Waals surface area contributed by atoms with E-state index in [1.165, 1.54) is 23.5 Å². The quantitative estimate of drug-likeness (QED) is 0.712. The van der Waals surface area contributed by atoms with E-state index in [1.54, 1.807) is 24.3 Å². The number of hydrogen-bond donors (Lipinski definition) is 1. The second-order valence-electron chi connectivity index (χ2n) is 5.23. The zero-order chi connectivity index (χ0) is 16.9. The van der Waals surface area contributed by atoms with Crippen molar-refractivity contribution in [3.05, 3.63) is 53.0 Å². The van der Waals surface area contributed by atoms with E-state index in [9.17, 15) is 9.18 Å². The number of carbonyl (C=O) groups excluding carboxylic acids is 1. The minimum Gasteiger partial charge on any atom is -0.451 e. The van der Waals surface area contributed by atoms with Crippen LogP contribution in [0, 0.1) is 5.82 Å². The van der Waals surface area contributed by atoms with E-state index in [0.717, 1.165) is 24.3 Å². The van der Waals surface area contributed by atoms with E-state index in [1.807, 2.05) is 0 Å². The lowest BCUT2D eigenvalue weighted by Crippen LogP contribution is -2.10. The molecular formula is C17H16FN3O2S. The predicted molar refractivity (Wildman–Crippen MR) is 90.6 cm³/mol. The van der Waals surface area contributed by atoms with Crippen molar-refractivity contribution in [3.63, 3.8) is 0 Å². The van der Waals surface area contributed by atoms with Crippen LogP contribution in [0.2, 0.25) is 0 Å². The van der Waals surface area contributed by atoms with Gasteiger partial charge in [0.05, 0.1) is 0 Å². The zero-order valence-electron chi connectivity index (χ0n) is 13.1. The van der Waals surface area contributed by atoms with E-state index in [0.29, 0.717) is 16.5 Å². The number of hydrogen-bond acceptors (Lipinski definition) is 5. The van der Waals surface area contributed by atoms with Crippen molar-refractivity contribution in [2.45, 2.75) is 26.2 Å². The molecule has 0 spiro atoms. The van der Waals surface area contributed by atoms with E-state index in [-0.39, 0.29) is 17.5 Å². The molecule has 0 aliphatic rings. The van der Waals surface area contributed by atoms with Crippen molar-refractivity contribution in [2.75, 3.05) is 5.32 Å². The Morgan fingerprint density at radius 3 is 2.75 bits per heavy atom. The summed E-state index contributed by atoms with van der Waals surface area (Å²) in [6.45, 7) is 2.11. The molecule has 1 N–H and O–H groups in total. The van der Waals surface area contributed by atoms with Gasteiger partial charge in [-0.25, -0.2) is 4.39 Å². The number of anilines is 1. The zero-order valence-corrected chi connectivity index (χ0v) is 13.9. The van der Waals surface area contributed by atoms with Gasteiger partial charge >= 0.3 is 0 Å². The number of amides is 1. The lowest BCUT2D eigenvalue weighted by Gasteiger charge is -1.98. The van der Waals surface area contributed by atoms with Gasteiger partial charge < -0.3 is 4.42 Å². The second kappa shape index (κ2) is 7.35. The van der Waals surface area contributed by atoms with E-state index in [4.69, 9.17) is 4.42 Å². The first-order valence-corrected chi connectivity index (χ1v) is 8.47. The number of benzene rings is 1. The van der Waals surface area contributed by atoms with Crippen LogP contribution in [0.1, 0.15) is 35.3 Å². The van der Waals surface area contributed by atoms with Crippen LogP contribution in [0.4, 0.5) is 9.52 Å². The molecule has 3 aromatic rings. The number of aromatic nitrogens is 2. The molecule has 2 aromatic heterocycles. The Morgan fingerprint density at radius 2 is 2.00 bits per heavy atom. The summed E-state index contributed by atoms with van der Waals surface area (Å²) in [5, 5.41) is 12.0. The third kappa shape index (κ3) is 3.86. The Hall–Kier alpha value is -2.54. The van der Waals surface area contributed by atoms with Crippen molar-refractivity contribution in [1.82, 2.24) is 10.2 Å². The van der Waals surface area contributed by atoms with Crippen molar-refractivity contribution in [1.29, 1.82) is 0 Å². The molecule has 0 saturated carbocycles. The first kappa shape index (κ1) is 16.3. The number of halogens is 1. The Morgan fingerprint density at radius 1 is 1.21 bits per heavy atom. The molecule has 2 heterocycles. The van der Waals surface area contributed by atoms with Crippen LogP contribution >= 0.6 is 11.3 Å². The number of nitrogens with zero attached hydrogens (tertiary/aromatic N) is 2. The molecule has 0 unspecified atom stereocenters. The maximum absolute atomic E-state index is 13.0. The van der Waals surface area contributed by atoms with Crippen LogP contribution in [0.15, 0.2) is 40.8 Å². The highest BCUT2D eigenvalue weighted by atomic mass is 32.1. The lowest BCUT2D eigenvalue weighted by molar-refractivity contribution is 0.0997. The van der Waals surface area contributed by atoms with Crippen LogP contribution in [-0.4, -0.2) is 16.1 Å². The van der Waals surface area contributed by atoms with Gasteiger partial charge in [-0.05, 0) is 42.8 Å². The summed E-state index contributed by atoms with van der Waals surface area (Å²) in [5.41, 5.74) is 0.702. The summed E-state index contributed by atoms with van der Waals surface area (Å²) in [4.78, 5) is 12.2. The fraction of sp³-hybridized carbons (Fsp3) is 0.235. The smallest absolute Gasteiger partial charge is 0.293 e. The van der Waals surface area contributed by atoms with Gasteiger partial charge in [0.2, 0.25) is 5.13 Å². The third-order valence-electron chi connectivity index (χ3n) is 3.39. The summed E-state index contributed by atoms with van der Waals surface area (Å²) in [5.74, 6) is -0.0411. The fourth-order valence-corrected chi connectivity index (χ4v) is 2.90. The molecule has 1 amide bonds. The van der Waals surface area contributed by atoms with Crippen molar-refractivity contribution in [3.8, 4) is 11.3 Å². The van der Waals surface area contributed by atoms with Gasteiger partial charge in [-0.3, -0.25) is 10.1 Å². The number of nitrogens with one attached hydrogen (secondary N) is 1. The van der Waals surface area contributed by atoms with Crippen LogP contribution in [0.5, 0.6) is 0 Å². The maximum atomic E-state index is 13.0. The highest BCUT2D eigenvalue weighted by Gasteiger charge is 2.15. The molecule has 0 fully saturated rings. The predicted octanol–water partition coefficient (Wildman–Crippen LogP) is 4.53. The molecule has 0 bridgehead atoms. The number of unbranched alkanes of at least 4 members (excludes halogenated alkanes) is 1. The van der Waals surface area contributed by atoms with Gasteiger partial charge in [0.25, 0.3) is 5.91 Å². The monoisotopic (exact) mass is 345 g/mol. The van der Waals surface area contributed by atoms with Crippen LogP contribution in [0.25, 0.3) is 11.3 Å².